The third-order valence-corrected chi connectivity index (χ3v) is 5.80. The fourth-order valence-electron chi connectivity index (χ4n) is 2.63. The molecule has 0 spiro atoms. The molecule has 2 heterocycles. The molecule has 2 N–H and O–H groups in total. The average molecular weight is 298 g/mol. The second-order valence-corrected chi connectivity index (χ2v) is 7.00. The van der Waals surface area contributed by atoms with E-state index in [1.54, 1.807) is 8.61 Å². The lowest BCUT2D eigenvalue weighted by molar-refractivity contribution is 0.362. The van der Waals surface area contributed by atoms with Crippen LogP contribution in [-0.2, 0) is 10.2 Å². The van der Waals surface area contributed by atoms with E-state index in [1.807, 2.05) is 0 Å². The largest absolute Gasteiger partial charge is 0.330 e. The van der Waals surface area contributed by atoms with Crippen molar-refractivity contribution < 1.29 is 8.42 Å². The fourth-order valence-corrected chi connectivity index (χ4v) is 4.42. The van der Waals surface area contributed by atoms with Gasteiger partial charge < -0.3 is 5.73 Å². The number of halogens is 1. The quantitative estimate of drug-likeness (QED) is 0.838. The molecule has 18 heavy (non-hydrogen) atoms. The van der Waals surface area contributed by atoms with Crippen molar-refractivity contribution in [3.8, 4) is 0 Å². The zero-order chi connectivity index (χ0) is 12.3. The smallest absolute Gasteiger partial charge is 0.281 e. The highest BCUT2D eigenvalue weighted by Gasteiger charge is 2.34. The topological polar surface area (TPSA) is 66.6 Å². The maximum absolute atomic E-state index is 12.4. The molecule has 5 nitrogen and oxygen atoms in total. The van der Waals surface area contributed by atoms with Gasteiger partial charge >= 0.3 is 0 Å². The van der Waals surface area contributed by atoms with Gasteiger partial charge in [-0.2, -0.15) is 17.0 Å². The Kier molecular flexibility index (Phi) is 6.34. The number of nitrogens with zero attached hydrogens (tertiary/aromatic N) is 2. The molecule has 7 heteroatoms. The van der Waals surface area contributed by atoms with Crippen molar-refractivity contribution in [1.82, 2.24) is 8.61 Å². The molecule has 2 rings (SSSR count). The highest BCUT2D eigenvalue weighted by atomic mass is 35.5. The summed E-state index contributed by atoms with van der Waals surface area (Å²) in [4.78, 5) is 0. The lowest BCUT2D eigenvalue weighted by Gasteiger charge is -2.26. The highest BCUT2D eigenvalue weighted by Crippen LogP contribution is 2.22. The molecule has 2 fully saturated rings. The van der Waals surface area contributed by atoms with Gasteiger partial charge in [-0.05, 0) is 31.7 Å². The molecule has 0 aliphatic carbocycles. The third-order valence-electron chi connectivity index (χ3n) is 3.80. The predicted octanol–water partition coefficient (Wildman–Crippen LogP) is 0.810. The average Bonchev–Trinajstić information content (AvgIpc) is 2.64. The van der Waals surface area contributed by atoms with Crippen LogP contribution in [0.25, 0.3) is 0 Å². The number of nitrogens with two attached hydrogens (primary N) is 1. The van der Waals surface area contributed by atoms with Crippen molar-refractivity contribution in [2.75, 3.05) is 32.7 Å². The van der Waals surface area contributed by atoms with E-state index in [0.717, 1.165) is 32.1 Å². The first-order chi connectivity index (χ1) is 8.14. The maximum Gasteiger partial charge on any atom is 0.281 e. The van der Waals surface area contributed by atoms with Crippen molar-refractivity contribution in [1.29, 1.82) is 0 Å². The van der Waals surface area contributed by atoms with Crippen molar-refractivity contribution in [2.45, 2.75) is 32.1 Å². The van der Waals surface area contributed by atoms with Crippen molar-refractivity contribution >= 4 is 22.6 Å². The third kappa shape index (κ3) is 3.57. The first kappa shape index (κ1) is 16.2. The molecular weight excluding hydrogens is 274 g/mol. The van der Waals surface area contributed by atoms with Crippen molar-refractivity contribution in [2.24, 2.45) is 11.7 Å². The van der Waals surface area contributed by atoms with Gasteiger partial charge in [0.1, 0.15) is 0 Å². The standard InChI is InChI=1S/C11H23N3O2S.ClH/c12-9-11-5-8-14(10-11)17(15,16)13-6-3-1-2-4-7-13;/h11H,1-10,12H2;1H. The zero-order valence-corrected chi connectivity index (χ0v) is 12.4. The molecule has 1 unspecified atom stereocenters. The molecule has 0 bridgehead atoms. The first-order valence-corrected chi connectivity index (χ1v) is 7.99. The zero-order valence-electron chi connectivity index (χ0n) is 10.8. The van der Waals surface area contributed by atoms with E-state index in [2.05, 4.69) is 0 Å². The summed E-state index contributed by atoms with van der Waals surface area (Å²) in [6.45, 7) is 3.21. The van der Waals surface area contributed by atoms with Gasteiger partial charge in [0, 0.05) is 26.2 Å². The van der Waals surface area contributed by atoms with Crippen LogP contribution in [0.15, 0.2) is 0 Å². The molecule has 108 valence electrons. The van der Waals surface area contributed by atoms with Gasteiger partial charge in [0.2, 0.25) is 0 Å². The monoisotopic (exact) mass is 297 g/mol. The van der Waals surface area contributed by atoms with Crippen LogP contribution in [0.5, 0.6) is 0 Å². The first-order valence-electron chi connectivity index (χ1n) is 6.60. The summed E-state index contributed by atoms with van der Waals surface area (Å²) in [6.07, 6.45) is 5.19. The summed E-state index contributed by atoms with van der Waals surface area (Å²) in [5.74, 6) is 0.344. The Bertz CT molecular complexity index is 342. The maximum atomic E-state index is 12.4. The minimum absolute atomic E-state index is 0. The molecule has 0 aromatic rings. The molecule has 2 aliphatic heterocycles. The van der Waals surface area contributed by atoms with Crippen LogP contribution in [0.1, 0.15) is 32.1 Å². The minimum Gasteiger partial charge on any atom is -0.330 e. The lowest BCUT2D eigenvalue weighted by atomic mass is 10.1. The Hall–Kier alpha value is 0.120. The van der Waals surface area contributed by atoms with Crippen molar-refractivity contribution in [3.63, 3.8) is 0 Å². The van der Waals surface area contributed by atoms with Crippen LogP contribution >= 0.6 is 12.4 Å². The second kappa shape index (κ2) is 7.05. The molecule has 0 saturated carbocycles. The van der Waals surface area contributed by atoms with Gasteiger partial charge in [0.05, 0.1) is 0 Å². The molecule has 2 aliphatic rings. The van der Waals surface area contributed by atoms with Crippen LogP contribution in [0.3, 0.4) is 0 Å². The van der Waals surface area contributed by atoms with Gasteiger partial charge in [-0.1, -0.05) is 12.8 Å². The number of hydrogen-bond acceptors (Lipinski definition) is 3. The van der Waals surface area contributed by atoms with E-state index in [0.29, 0.717) is 38.6 Å². The van der Waals surface area contributed by atoms with E-state index < -0.39 is 10.2 Å². The van der Waals surface area contributed by atoms with Crippen LogP contribution in [0.2, 0.25) is 0 Å². The molecule has 0 aromatic carbocycles. The Morgan fingerprint density at radius 3 is 2.11 bits per heavy atom. The molecule has 0 amide bonds. The Balaban J connectivity index is 0.00000162. The molecular formula is C11H24ClN3O2S. The predicted molar refractivity (Wildman–Crippen MR) is 74.9 cm³/mol. The Morgan fingerprint density at radius 2 is 1.61 bits per heavy atom. The second-order valence-electron chi connectivity index (χ2n) is 5.07. The van der Waals surface area contributed by atoms with Gasteiger partial charge in [0.25, 0.3) is 10.2 Å². The van der Waals surface area contributed by atoms with Crippen LogP contribution in [-0.4, -0.2) is 49.8 Å². The van der Waals surface area contributed by atoms with Crippen LogP contribution < -0.4 is 5.73 Å². The van der Waals surface area contributed by atoms with E-state index in [4.69, 9.17) is 5.73 Å². The summed E-state index contributed by atoms with van der Waals surface area (Å²) < 4.78 is 28.1. The van der Waals surface area contributed by atoms with E-state index in [1.165, 1.54) is 0 Å². The van der Waals surface area contributed by atoms with Gasteiger partial charge in [-0.25, -0.2) is 0 Å². The summed E-state index contributed by atoms with van der Waals surface area (Å²) >= 11 is 0. The molecule has 0 radical (unpaired) electrons. The summed E-state index contributed by atoms with van der Waals surface area (Å²) in [5, 5.41) is 0. The molecule has 2 saturated heterocycles. The molecule has 0 aromatic heterocycles. The van der Waals surface area contributed by atoms with Crippen molar-refractivity contribution in [3.05, 3.63) is 0 Å². The van der Waals surface area contributed by atoms with Gasteiger partial charge in [-0.3, -0.25) is 0 Å². The highest BCUT2D eigenvalue weighted by molar-refractivity contribution is 7.86. The number of rotatable bonds is 3. The molecule has 1 atom stereocenters. The summed E-state index contributed by atoms with van der Waals surface area (Å²) in [5.41, 5.74) is 5.61. The van der Waals surface area contributed by atoms with Gasteiger partial charge in [0.15, 0.2) is 0 Å². The lowest BCUT2D eigenvalue weighted by Crippen LogP contribution is -2.43. The Labute approximate surface area is 116 Å². The normalized spacial score (nSPS) is 27.7. The van der Waals surface area contributed by atoms with E-state index in [9.17, 15) is 8.42 Å². The minimum atomic E-state index is -3.22. The number of hydrogen-bond donors (Lipinski definition) is 1. The Morgan fingerprint density at radius 1 is 1.00 bits per heavy atom. The SMILES string of the molecule is Cl.NCC1CCN(S(=O)(=O)N2CCCCCC2)C1. The van der Waals surface area contributed by atoms with E-state index >= 15 is 0 Å². The van der Waals surface area contributed by atoms with Crippen LogP contribution in [0.4, 0.5) is 0 Å². The van der Waals surface area contributed by atoms with Gasteiger partial charge in [-0.15, -0.1) is 12.4 Å². The summed E-state index contributed by atoms with van der Waals surface area (Å²) in [6, 6.07) is 0. The van der Waals surface area contributed by atoms with Crippen LogP contribution in [0, 0.1) is 5.92 Å². The van der Waals surface area contributed by atoms with E-state index in [-0.39, 0.29) is 12.4 Å². The fraction of sp³-hybridized carbons (Fsp3) is 1.00. The summed E-state index contributed by atoms with van der Waals surface area (Å²) in [7, 11) is -3.22.